The predicted octanol–water partition coefficient (Wildman–Crippen LogP) is 4.44. The fourth-order valence-corrected chi connectivity index (χ4v) is 4.71. The third-order valence-corrected chi connectivity index (χ3v) is 6.68. The van der Waals surface area contributed by atoms with Crippen molar-refractivity contribution in [1.29, 1.82) is 0 Å². The Morgan fingerprint density at radius 1 is 1.09 bits per heavy atom. The van der Waals surface area contributed by atoms with E-state index in [-0.39, 0.29) is 44.9 Å². The van der Waals surface area contributed by atoms with Crippen LogP contribution in [-0.2, 0) is 9.53 Å². The van der Waals surface area contributed by atoms with Crippen LogP contribution in [-0.4, -0.2) is 72.2 Å². The Bertz CT molecular complexity index is 973. The van der Waals surface area contributed by atoms with Gasteiger partial charge in [0, 0.05) is 45.4 Å². The topological polar surface area (TPSA) is 70.1 Å². The maximum Gasteiger partial charge on any atom is 0.410 e. The van der Waals surface area contributed by atoms with Gasteiger partial charge in [-0.2, -0.15) is 0 Å². The molecule has 2 aliphatic rings. The Hall–Kier alpha value is -3.00. The van der Waals surface area contributed by atoms with Crippen LogP contribution < -0.4 is 0 Å². The zero-order valence-corrected chi connectivity index (χ0v) is 18.5. The summed E-state index contributed by atoms with van der Waals surface area (Å²) < 4.78 is 32.3. The number of hydrogen-bond acceptors (Lipinski definition) is 4. The minimum absolute atomic E-state index is 0.102. The smallest absolute Gasteiger partial charge is 0.410 e. The second-order valence-electron chi connectivity index (χ2n) is 8.76. The molecule has 1 aliphatic carbocycles. The molecule has 1 amide bonds. The summed E-state index contributed by atoms with van der Waals surface area (Å²) in [7, 11) is 1.40. The van der Waals surface area contributed by atoms with Crippen LogP contribution in [0.15, 0.2) is 48.5 Å². The second kappa shape index (κ2) is 9.47. The van der Waals surface area contributed by atoms with Gasteiger partial charge in [-0.25, -0.2) is 18.4 Å². The number of carboxylic acid groups (broad SMARTS) is 1. The number of amides is 1. The number of rotatable bonds is 7. The molecule has 1 fully saturated rings. The maximum absolute atomic E-state index is 13.3. The van der Waals surface area contributed by atoms with Gasteiger partial charge >= 0.3 is 12.1 Å². The van der Waals surface area contributed by atoms with E-state index < -0.39 is 24.0 Å². The molecule has 1 N–H and O–H groups in total. The fourth-order valence-electron chi connectivity index (χ4n) is 4.71. The number of hydrogen-bond donors (Lipinski definition) is 1. The molecule has 4 rings (SSSR count). The van der Waals surface area contributed by atoms with Gasteiger partial charge in [0.15, 0.2) is 0 Å². The normalized spacial score (nSPS) is 18.3. The van der Waals surface area contributed by atoms with Crippen molar-refractivity contribution in [3.05, 3.63) is 59.7 Å². The van der Waals surface area contributed by atoms with E-state index in [9.17, 15) is 23.5 Å². The van der Waals surface area contributed by atoms with E-state index in [1.807, 2.05) is 53.4 Å². The van der Waals surface area contributed by atoms with Gasteiger partial charge in [-0.05, 0) is 28.7 Å². The van der Waals surface area contributed by atoms with Crippen molar-refractivity contribution in [1.82, 2.24) is 9.80 Å². The third kappa shape index (κ3) is 5.00. The Labute approximate surface area is 191 Å². The lowest BCUT2D eigenvalue weighted by molar-refractivity contribution is -0.142. The molecular formula is C25H28F2N2O4. The minimum atomic E-state index is -2.65. The first kappa shape index (κ1) is 23.2. The summed E-state index contributed by atoms with van der Waals surface area (Å²) in [6, 6.07) is 14.9. The highest BCUT2D eigenvalue weighted by molar-refractivity contribution is 5.81. The Morgan fingerprint density at radius 3 is 2.18 bits per heavy atom. The van der Waals surface area contributed by atoms with Crippen LogP contribution in [0.4, 0.5) is 13.6 Å². The van der Waals surface area contributed by atoms with Gasteiger partial charge in [-0.1, -0.05) is 48.5 Å². The van der Waals surface area contributed by atoms with Crippen LogP contribution in [0.5, 0.6) is 0 Å². The number of piperidine rings is 1. The molecule has 1 unspecified atom stereocenters. The number of ether oxygens (including phenoxy) is 1. The number of benzene rings is 2. The van der Waals surface area contributed by atoms with Crippen LogP contribution >= 0.6 is 0 Å². The summed E-state index contributed by atoms with van der Waals surface area (Å²) in [5.41, 5.74) is 4.37. The van der Waals surface area contributed by atoms with Crippen molar-refractivity contribution < 1.29 is 28.2 Å². The lowest BCUT2D eigenvalue weighted by atomic mass is 9.98. The van der Waals surface area contributed by atoms with Gasteiger partial charge in [0.1, 0.15) is 12.6 Å². The largest absolute Gasteiger partial charge is 0.480 e. The van der Waals surface area contributed by atoms with Crippen molar-refractivity contribution in [2.75, 3.05) is 33.3 Å². The van der Waals surface area contributed by atoms with E-state index in [0.29, 0.717) is 6.54 Å². The zero-order valence-electron chi connectivity index (χ0n) is 18.5. The Morgan fingerprint density at radius 2 is 1.64 bits per heavy atom. The van der Waals surface area contributed by atoms with Gasteiger partial charge < -0.3 is 14.7 Å². The molecule has 0 spiro atoms. The first-order valence-corrected chi connectivity index (χ1v) is 11.2. The zero-order chi connectivity index (χ0) is 23.6. The number of halogens is 2. The summed E-state index contributed by atoms with van der Waals surface area (Å²) in [5, 5.41) is 9.66. The first-order valence-electron chi connectivity index (χ1n) is 11.2. The highest BCUT2D eigenvalue weighted by atomic mass is 19.3. The van der Waals surface area contributed by atoms with Crippen LogP contribution in [0.3, 0.4) is 0 Å². The quantitative estimate of drug-likeness (QED) is 0.664. The van der Waals surface area contributed by atoms with Crippen molar-refractivity contribution in [3.8, 4) is 11.1 Å². The minimum Gasteiger partial charge on any atom is -0.480 e. The molecule has 6 nitrogen and oxygen atoms in total. The molecule has 8 heteroatoms. The SMILES string of the molecule is CN(C(=O)OCC1c2ccccc2-c2ccccc21)C(CCN1CCC(F)(F)CC1)C(=O)O. The number of fused-ring (bicyclic) bond motifs is 3. The highest BCUT2D eigenvalue weighted by Crippen LogP contribution is 2.44. The molecule has 0 radical (unpaired) electrons. The van der Waals surface area contributed by atoms with Crippen molar-refractivity contribution in [2.24, 2.45) is 0 Å². The number of likely N-dealkylation sites (tertiary alicyclic amines) is 1. The predicted molar refractivity (Wildman–Crippen MR) is 119 cm³/mol. The van der Waals surface area contributed by atoms with E-state index in [1.54, 1.807) is 0 Å². The average Bonchev–Trinajstić information content (AvgIpc) is 3.12. The number of alkyl halides is 2. The standard InChI is InChI=1S/C25H28F2N2O4/c1-28(22(23(30)31)10-13-29-14-11-25(26,27)12-15-29)24(32)33-16-21-19-8-4-2-6-17(19)18-7-3-5-9-20(18)21/h2-9,21-22H,10-16H2,1H3,(H,30,31). The Kier molecular flexibility index (Phi) is 6.65. The van der Waals surface area contributed by atoms with Crippen LogP contribution in [0.2, 0.25) is 0 Å². The van der Waals surface area contributed by atoms with E-state index in [0.717, 1.165) is 27.2 Å². The molecule has 176 valence electrons. The van der Waals surface area contributed by atoms with Gasteiger partial charge in [0.05, 0.1) is 0 Å². The molecule has 2 aromatic rings. The average molecular weight is 459 g/mol. The van der Waals surface area contributed by atoms with E-state index in [2.05, 4.69) is 0 Å². The van der Waals surface area contributed by atoms with E-state index in [4.69, 9.17) is 4.74 Å². The molecule has 0 aromatic heterocycles. The Balaban J connectivity index is 1.37. The van der Waals surface area contributed by atoms with Gasteiger partial charge in [-0.15, -0.1) is 0 Å². The monoisotopic (exact) mass is 458 g/mol. The van der Waals surface area contributed by atoms with Crippen molar-refractivity contribution in [2.45, 2.75) is 37.1 Å². The summed E-state index contributed by atoms with van der Waals surface area (Å²) >= 11 is 0. The molecule has 1 atom stereocenters. The molecule has 33 heavy (non-hydrogen) atoms. The van der Waals surface area contributed by atoms with E-state index in [1.165, 1.54) is 7.05 Å². The van der Waals surface area contributed by atoms with Crippen LogP contribution in [0.1, 0.15) is 36.3 Å². The fraction of sp³-hybridized carbons (Fsp3) is 0.440. The van der Waals surface area contributed by atoms with Crippen molar-refractivity contribution >= 4 is 12.1 Å². The number of aliphatic carboxylic acids is 1. The molecule has 1 saturated heterocycles. The lowest BCUT2D eigenvalue weighted by Crippen LogP contribution is -2.46. The van der Waals surface area contributed by atoms with Gasteiger partial charge in [-0.3, -0.25) is 4.90 Å². The molecule has 0 bridgehead atoms. The van der Waals surface area contributed by atoms with Crippen LogP contribution in [0.25, 0.3) is 11.1 Å². The highest BCUT2D eigenvalue weighted by Gasteiger charge is 2.35. The maximum atomic E-state index is 13.3. The first-order chi connectivity index (χ1) is 15.8. The summed E-state index contributed by atoms with van der Waals surface area (Å²) in [6.45, 7) is 0.862. The summed E-state index contributed by atoms with van der Waals surface area (Å²) in [6.07, 6.45) is -1.03. The number of likely N-dealkylation sites (N-methyl/N-ethyl adjacent to an activating group) is 1. The summed E-state index contributed by atoms with van der Waals surface area (Å²) in [5.74, 6) is -3.91. The second-order valence-corrected chi connectivity index (χ2v) is 8.76. The number of nitrogens with zero attached hydrogens (tertiary/aromatic N) is 2. The molecule has 1 heterocycles. The van der Waals surface area contributed by atoms with Crippen LogP contribution in [0, 0.1) is 0 Å². The molecule has 2 aromatic carbocycles. The third-order valence-electron chi connectivity index (χ3n) is 6.68. The van der Waals surface area contributed by atoms with Gasteiger partial charge in [0.25, 0.3) is 5.92 Å². The lowest BCUT2D eigenvalue weighted by Gasteiger charge is -2.33. The number of carbonyl (C=O) groups excluding carboxylic acids is 1. The molecule has 0 saturated carbocycles. The number of carboxylic acids is 1. The van der Waals surface area contributed by atoms with Gasteiger partial charge in [0.2, 0.25) is 0 Å². The van der Waals surface area contributed by atoms with E-state index >= 15 is 0 Å². The summed E-state index contributed by atoms with van der Waals surface area (Å²) in [4.78, 5) is 27.5. The molecular weight excluding hydrogens is 430 g/mol. The number of carbonyl (C=O) groups is 2. The molecule has 1 aliphatic heterocycles. The van der Waals surface area contributed by atoms with Crippen molar-refractivity contribution in [3.63, 3.8) is 0 Å².